The molecule has 19 heavy (non-hydrogen) atoms. The number of hydrogen-bond acceptors (Lipinski definition) is 3. The van der Waals surface area contributed by atoms with E-state index in [1.54, 1.807) is 6.07 Å². The van der Waals surface area contributed by atoms with E-state index in [-0.39, 0.29) is 5.82 Å². The summed E-state index contributed by atoms with van der Waals surface area (Å²) in [5.74, 6) is -0.189. The zero-order valence-electron chi connectivity index (χ0n) is 11.3. The lowest BCUT2D eigenvalue weighted by Crippen LogP contribution is -2.48. The van der Waals surface area contributed by atoms with Crippen LogP contribution in [-0.2, 0) is 16.4 Å². The molecule has 0 radical (unpaired) electrons. The number of benzene rings is 1. The first-order valence-corrected chi connectivity index (χ1v) is 8.25. The van der Waals surface area contributed by atoms with Gasteiger partial charge < -0.3 is 4.90 Å². The number of aryl methyl sites for hydroxylation is 1. The molecule has 1 aromatic rings. The number of piperazine rings is 1. The van der Waals surface area contributed by atoms with Crippen molar-refractivity contribution in [3.8, 4) is 0 Å². The third-order valence-corrected chi connectivity index (χ3v) is 4.79. The quantitative estimate of drug-likeness (QED) is 0.845. The van der Waals surface area contributed by atoms with E-state index in [2.05, 4.69) is 0 Å². The molecule has 1 aliphatic rings. The summed E-state index contributed by atoms with van der Waals surface area (Å²) in [5.41, 5.74) is 1.53. The normalized spacial score (nSPS) is 17.7. The van der Waals surface area contributed by atoms with Gasteiger partial charge in [0.2, 0.25) is 10.0 Å². The first-order valence-electron chi connectivity index (χ1n) is 6.40. The Hall–Kier alpha value is -1.14. The van der Waals surface area contributed by atoms with Gasteiger partial charge in [-0.05, 0) is 24.1 Å². The van der Waals surface area contributed by atoms with Crippen LogP contribution in [0.15, 0.2) is 18.2 Å². The number of nitrogens with zero attached hydrogens (tertiary/aromatic N) is 2. The Morgan fingerprint density at radius 2 is 1.84 bits per heavy atom. The largest absolute Gasteiger partial charge is 0.369 e. The Morgan fingerprint density at radius 1 is 1.21 bits per heavy atom. The number of sulfonamides is 1. The minimum absolute atomic E-state index is 0.189. The SMILES string of the molecule is CCc1ccc(N2CCN(S(C)(=O)=O)CC2)cc1F. The Labute approximate surface area is 113 Å². The van der Waals surface area contributed by atoms with Crippen LogP contribution in [0.1, 0.15) is 12.5 Å². The van der Waals surface area contributed by atoms with Crippen molar-refractivity contribution in [3.05, 3.63) is 29.6 Å². The zero-order chi connectivity index (χ0) is 14.0. The van der Waals surface area contributed by atoms with Crippen LogP contribution in [0, 0.1) is 5.82 Å². The first-order chi connectivity index (χ1) is 8.91. The molecule has 6 heteroatoms. The highest BCUT2D eigenvalue weighted by atomic mass is 32.2. The van der Waals surface area contributed by atoms with Crippen molar-refractivity contribution in [2.45, 2.75) is 13.3 Å². The Morgan fingerprint density at radius 3 is 2.32 bits per heavy atom. The average Bonchev–Trinajstić information content (AvgIpc) is 2.38. The predicted molar refractivity (Wildman–Crippen MR) is 74.4 cm³/mol. The van der Waals surface area contributed by atoms with E-state index < -0.39 is 10.0 Å². The van der Waals surface area contributed by atoms with Crippen molar-refractivity contribution in [3.63, 3.8) is 0 Å². The van der Waals surface area contributed by atoms with Crippen LogP contribution >= 0.6 is 0 Å². The molecule has 1 heterocycles. The lowest BCUT2D eigenvalue weighted by atomic mass is 10.1. The molecular weight excluding hydrogens is 267 g/mol. The summed E-state index contributed by atoms with van der Waals surface area (Å²) in [6.45, 7) is 4.02. The highest BCUT2D eigenvalue weighted by molar-refractivity contribution is 7.88. The van der Waals surface area contributed by atoms with E-state index >= 15 is 0 Å². The number of hydrogen-bond donors (Lipinski definition) is 0. The molecule has 1 aromatic carbocycles. The smallest absolute Gasteiger partial charge is 0.211 e. The van der Waals surface area contributed by atoms with E-state index in [9.17, 15) is 12.8 Å². The summed E-state index contributed by atoms with van der Waals surface area (Å²) in [4.78, 5) is 2.02. The molecule has 2 rings (SSSR count). The first kappa shape index (κ1) is 14.3. The Balaban J connectivity index is 2.08. The van der Waals surface area contributed by atoms with Crippen LogP contribution in [0.4, 0.5) is 10.1 Å². The van der Waals surface area contributed by atoms with Crippen LogP contribution in [0.25, 0.3) is 0 Å². The van der Waals surface area contributed by atoms with Crippen molar-refractivity contribution >= 4 is 15.7 Å². The number of rotatable bonds is 3. The van der Waals surface area contributed by atoms with Gasteiger partial charge in [0.05, 0.1) is 6.26 Å². The summed E-state index contributed by atoms with van der Waals surface area (Å²) in [6, 6.07) is 5.24. The number of halogens is 1. The van der Waals surface area contributed by atoms with Crippen LogP contribution in [0.3, 0.4) is 0 Å². The van der Waals surface area contributed by atoms with Gasteiger partial charge in [-0.2, -0.15) is 4.31 Å². The topological polar surface area (TPSA) is 40.6 Å². The van der Waals surface area contributed by atoms with Gasteiger partial charge in [0.15, 0.2) is 0 Å². The van der Waals surface area contributed by atoms with Crippen molar-refractivity contribution < 1.29 is 12.8 Å². The minimum Gasteiger partial charge on any atom is -0.369 e. The van der Waals surface area contributed by atoms with E-state index in [0.29, 0.717) is 38.2 Å². The Bertz CT molecular complexity index is 552. The molecule has 0 N–H and O–H groups in total. The van der Waals surface area contributed by atoms with Crippen molar-refractivity contribution in [1.29, 1.82) is 0 Å². The van der Waals surface area contributed by atoms with Crippen LogP contribution < -0.4 is 4.90 Å². The molecule has 1 aliphatic heterocycles. The maximum atomic E-state index is 13.7. The molecule has 0 saturated carbocycles. The number of anilines is 1. The second-order valence-electron chi connectivity index (χ2n) is 4.78. The van der Waals surface area contributed by atoms with E-state index in [1.807, 2.05) is 17.9 Å². The monoisotopic (exact) mass is 286 g/mol. The molecule has 4 nitrogen and oxygen atoms in total. The fraction of sp³-hybridized carbons (Fsp3) is 0.538. The summed E-state index contributed by atoms with van der Waals surface area (Å²) >= 11 is 0. The molecule has 1 fully saturated rings. The molecule has 0 atom stereocenters. The third-order valence-electron chi connectivity index (χ3n) is 3.49. The minimum atomic E-state index is -3.12. The molecule has 0 aliphatic carbocycles. The summed E-state index contributed by atoms with van der Waals surface area (Å²) < 4.78 is 38.0. The van der Waals surface area contributed by atoms with Gasteiger partial charge in [-0.1, -0.05) is 13.0 Å². The van der Waals surface area contributed by atoms with E-state index in [4.69, 9.17) is 0 Å². The highest BCUT2D eigenvalue weighted by Gasteiger charge is 2.23. The standard InChI is InChI=1S/C13H19FN2O2S/c1-3-11-4-5-12(10-13(11)14)15-6-8-16(9-7-15)19(2,17)18/h4-5,10H,3,6-9H2,1-2H3. The van der Waals surface area contributed by atoms with Crippen molar-refractivity contribution in [2.75, 3.05) is 37.3 Å². The molecule has 0 spiro atoms. The molecule has 0 aromatic heterocycles. The third kappa shape index (κ3) is 3.25. The van der Waals surface area contributed by atoms with E-state index in [1.165, 1.54) is 16.6 Å². The molecule has 1 saturated heterocycles. The van der Waals surface area contributed by atoms with Gasteiger partial charge in [-0.15, -0.1) is 0 Å². The fourth-order valence-electron chi connectivity index (χ4n) is 2.30. The summed E-state index contributed by atoms with van der Waals surface area (Å²) in [7, 11) is -3.12. The lowest BCUT2D eigenvalue weighted by Gasteiger charge is -2.34. The van der Waals surface area contributed by atoms with Gasteiger partial charge in [0, 0.05) is 31.9 Å². The van der Waals surface area contributed by atoms with Gasteiger partial charge in [0.1, 0.15) is 5.82 Å². The Kier molecular flexibility index (Phi) is 4.10. The van der Waals surface area contributed by atoms with Crippen LogP contribution in [0.2, 0.25) is 0 Å². The molecule has 0 bridgehead atoms. The molecule has 0 amide bonds. The van der Waals surface area contributed by atoms with E-state index in [0.717, 1.165) is 5.69 Å². The van der Waals surface area contributed by atoms with Crippen LogP contribution in [0.5, 0.6) is 0 Å². The van der Waals surface area contributed by atoms with Crippen LogP contribution in [-0.4, -0.2) is 45.2 Å². The predicted octanol–water partition coefficient (Wildman–Crippen LogP) is 1.47. The van der Waals surface area contributed by atoms with Crippen molar-refractivity contribution in [2.24, 2.45) is 0 Å². The fourth-order valence-corrected chi connectivity index (χ4v) is 3.12. The average molecular weight is 286 g/mol. The zero-order valence-corrected chi connectivity index (χ0v) is 12.1. The molecular formula is C13H19FN2O2S. The summed E-state index contributed by atoms with van der Waals surface area (Å²) in [5, 5.41) is 0. The second kappa shape index (κ2) is 5.46. The van der Waals surface area contributed by atoms with Gasteiger partial charge in [-0.3, -0.25) is 0 Å². The lowest BCUT2D eigenvalue weighted by molar-refractivity contribution is 0.388. The highest BCUT2D eigenvalue weighted by Crippen LogP contribution is 2.21. The van der Waals surface area contributed by atoms with Crippen molar-refractivity contribution in [1.82, 2.24) is 4.31 Å². The maximum Gasteiger partial charge on any atom is 0.211 e. The van der Waals surface area contributed by atoms with Gasteiger partial charge in [0.25, 0.3) is 0 Å². The summed E-state index contributed by atoms with van der Waals surface area (Å²) in [6.07, 6.45) is 1.90. The molecule has 0 unspecified atom stereocenters. The van der Waals surface area contributed by atoms with Gasteiger partial charge in [-0.25, -0.2) is 12.8 Å². The maximum absolute atomic E-state index is 13.7. The second-order valence-corrected chi connectivity index (χ2v) is 6.76. The van der Waals surface area contributed by atoms with Gasteiger partial charge >= 0.3 is 0 Å². The molecule has 106 valence electrons.